The van der Waals surface area contributed by atoms with Crippen LogP contribution in [0.25, 0.3) is 0 Å². The minimum absolute atomic E-state index is 0.502. The Kier molecular flexibility index (Phi) is 2.29. The summed E-state index contributed by atoms with van der Waals surface area (Å²) in [6.45, 7) is 0. The Morgan fingerprint density at radius 1 is 1.50 bits per heavy atom. The number of halogens is 2. The predicted octanol–water partition coefficient (Wildman–Crippen LogP) is 2.52. The van der Waals surface area contributed by atoms with E-state index in [1.807, 2.05) is 0 Å². The van der Waals surface area contributed by atoms with Crippen molar-refractivity contribution >= 4 is 15.9 Å². The largest absolute Gasteiger partial charge is 0.247 e. The van der Waals surface area contributed by atoms with Crippen LogP contribution >= 0.6 is 15.9 Å². The van der Waals surface area contributed by atoms with Gasteiger partial charge in [-0.05, 0) is 25.2 Å². The van der Waals surface area contributed by atoms with Gasteiger partial charge < -0.3 is 0 Å². The molecule has 2 heteroatoms. The molecule has 0 radical (unpaired) electrons. The molecular weight excluding hydrogens is 171 g/mol. The molecule has 1 aliphatic carbocycles. The van der Waals surface area contributed by atoms with Gasteiger partial charge in [0.15, 0.2) is 0 Å². The summed E-state index contributed by atoms with van der Waals surface area (Å²) in [6, 6.07) is 0. The van der Waals surface area contributed by atoms with E-state index in [0.717, 1.165) is 24.6 Å². The maximum absolute atomic E-state index is 12.3. The van der Waals surface area contributed by atoms with E-state index < -0.39 is 6.17 Å². The summed E-state index contributed by atoms with van der Waals surface area (Å²) in [4.78, 5) is 0. The van der Waals surface area contributed by atoms with E-state index in [2.05, 4.69) is 15.9 Å². The highest BCUT2D eigenvalue weighted by Crippen LogP contribution is 2.28. The van der Waals surface area contributed by atoms with Crippen molar-refractivity contribution in [3.8, 4) is 0 Å². The normalized spacial score (nSPS) is 38.2. The van der Waals surface area contributed by atoms with Crippen LogP contribution in [0.4, 0.5) is 4.39 Å². The molecule has 0 saturated heterocycles. The highest BCUT2D eigenvalue weighted by atomic mass is 79.9. The zero-order valence-corrected chi connectivity index (χ0v) is 6.33. The molecule has 0 aromatic heterocycles. The van der Waals surface area contributed by atoms with Crippen LogP contribution in [-0.2, 0) is 0 Å². The van der Waals surface area contributed by atoms with E-state index in [9.17, 15) is 4.39 Å². The minimum atomic E-state index is -0.502. The SMILES string of the molecule is FC1CCC(CBr)C1. The second-order valence-corrected chi connectivity index (χ2v) is 3.08. The lowest BCUT2D eigenvalue weighted by Gasteiger charge is -1.99. The van der Waals surface area contributed by atoms with Gasteiger partial charge in [-0.25, -0.2) is 4.39 Å². The Labute approximate surface area is 57.6 Å². The van der Waals surface area contributed by atoms with Crippen LogP contribution in [0.5, 0.6) is 0 Å². The van der Waals surface area contributed by atoms with Crippen molar-refractivity contribution in [3.05, 3.63) is 0 Å². The monoisotopic (exact) mass is 180 g/mol. The Morgan fingerprint density at radius 3 is 2.50 bits per heavy atom. The van der Waals surface area contributed by atoms with Crippen molar-refractivity contribution in [2.24, 2.45) is 5.92 Å². The zero-order valence-electron chi connectivity index (χ0n) is 4.74. The van der Waals surface area contributed by atoms with Gasteiger partial charge in [-0.2, -0.15) is 0 Å². The zero-order chi connectivity index (χ0) is 5.98. The average Bonchev–Trinajstić information content (AvgIpc) is 2.14. The van der Waals surface area contributed by atoms with Gasteiger partial charge in [0.1, 0.15) is 6.17 Å². The Hall–Kier alpha value is 0.410. The third kappa shape index (κ3) is 1.44. The summed E-state index contributed by atoms with van der Waals surface area (Å²) in [5.74, 6) is 0.616. The number of rotatable bonds is 1. The van der Waals surface area contributed by atoms with E-state index in [0.29, 0.717) is 5.92 Å². The van der Waals surface area contributed by atoms with Crippen molar-refractivity contribution in [1.29, 1.82) is 0 Å². The van der Waals surface area contributed by atoms with E-state index in [1.54, 1.807) is 0 Å². The average molecular weight is 181 g/mol. The highest BCUT2D eigenvalue weighted by molar-refractivity contribution is 9.09. The van der Waals surface area contributed by atoms with Gasteiger partial charge in [0, 0.05) is 5.33 Å². The molecule has 0 aromatic carbocycles. The van der Waals surface area contributed by atoms with Gasteiger partial charge in [-0.3, -0.25) is 0 Å². The summed E-state index contributed by atoms with van der Waals surface area (Å²) in [7, 11) is 0. The van der Waals surface area contributed by atoms with Crippen molar-refractivity contribution in [1.82, 2.24) is 0 Å². The van der Waals surface area contributed by atoms with Gasteiger partial charge in [0.25, 0.3) is 0 Å². The second kappa shape index (κ2) is 2.81. The lowest BCUT2D eigenvalue weighted by Crippen LogP contribution is -1.95. The number of alkyl halides is 2. The maximum atomic E-state index is 12.3. The van der Waals surface area contributed by atoms with Crippen molar-refractivity contribution < 1.29 is 4.39 Å². The van der Waals surface area contributed by atoms with E-state index >= 15 is 0 Å². The van der Waals surface area contributed by atoms with Crippen LogP contribution in [0, 0.1) is 5.92 Å². The lowest BCUT2D eigenvalue weighted by atomic mass is 10.1. The van der Waals surface area contributed by atoms with Crippen LogP contribution in [0.1, 0.15) is 19.3 Å². The molecule has 1 saturated carbocycles. The molecule has 8 heavy (non-hydrogen) atoms. The molecule has 0 amide bonds. The molecule has 2 atom stereocenters. The Bertz CT molecular complexity index is 74.9. The summed E-state index contributed by atoms with van der Waals surface area (Å²) < 4.78 is 12.3. The Morgan fingerprint density at radius 2 is 2.25 bits per heavy atom. The topological polar surface area (TPSA) is 0 Å². The van der Waals surface area contributed by atoms with Crippen molar-refractivity contribution in [3.63, 3.8) is 0 Å². The third-order valence-electron chi connectivity index (χ3n) is 1.70. The first kappa shape index (κ1) is 6.53. The van der Waals surface area contributed by atoms with Crippen molar-refractivity contribution in [2.75, 3.05) is 5.33 Å². The molecule has 1 aliphatic rings. The van der Waals surface area contributed by atoms with Crippen molar-refractivity contribution in [2.45, 2.75) is 25.4 Å². The van der Waals surface area contributed by atoms with Gasteiger partial charge in [0.2, 0.25) is 0 Å². The van der Waals surface area contributed by atoms with E-state index in [4.69, 9.17) is 0 Å². The maximum Gasteiger partial charge on any atom is 0.100 e. The molecule has 0 spiro atoms. The molecule has 1 fully saturated rings. The fourth-order valence-electron chi connectivity index (χ4n) is 1.15. The lowest BCUT2D eigenvalue weighted by molar-refractivity contribution is 0.335. The fraction of sp³-hybridized carbons (Fsp3) is 1.00. The Balaban J connectivity index is 2.22. The molecule has 0 aliphatic heterocycles. The summed E-state index contributed by atoms with van der Waals surface area (Å²) >= 11 is 3.34. The van der Waals surface area contributed by atoms with E-state index in [-0.39, 0.29) is 0 Å². The number of hydrogen-bond acceptors (Lipinski definition) is 0. The van der Waals surface area contributed by atoms with Crippen LogP contribution in [0.3, 0.4) is 0 Å². The van der Waals surface area contributed by atoms with Gasteiger partial charge in [0.05, 0.1) is 0 Å². The molecule has 2 unspecified atom stereocenters. The summed E-state index contributed by atoms with van der Waals surface area (Å²) in [6.07, 6.45) is 2.14. The van der Waals surface area contributed by atoms with Gasteiger partial charge >= 0.3 is 0 Å². The van der Waals surface area contributed by atoms with E-state index in [1.165, 1.54) is 0 Å². The molecule has 0 heterocycles. The summed E-state index contributed by atoms with van der Waals surface area (Å²) in [5.41, 5.74) is 0. The molecule has 0 nitrogen and oxygen atoms in total. The first-order chi connectivity index (χ1) is 3.83. The van der Waals surface area contributed by atoms with Crippen LogP contribution in [0.15, 0.2) is 0 Å². The van der Waals surface area contributed by atoms with Gasteiger partial charge in [-0.1, -0.05) is 15.9 Å². The summed E-state index contributed by atoms with van der Waals surface area (Å²) in [5, 5.41) is 0.980. The van der Waals surface area contributed by atoms with Crippen LogP contribution in [-0.4, -0.2) is 11.5 Å². The second-order valence-electron chi connectivity index (χ2n) is 2.43. The smallest absolute Gasteiger partial charge is 0.100 e. The quantitative estimate of drug-likeness (QED) is 0.545. The molecule has 0 aromatic rings. The first-order valence-corrected chi connectivity index (χ1v) is 4.15. The fourth-order valence-corrected chi connectivity index (χ4v) is 1.74. The predicted molar refractivity (Wildman–Crippen MR) is 36.0 cm³/mol. The van der Waals surface area contributed by atoms with Crippen LogP contribution < -0.4 is 0 Å². The molecular formula is C6H10BrF. The molecule has 48 valence electrons. The third-order valence-corrected chi connectivity index (χ3v) is 2.61. The first-order valence-electron chi connectivity index (χ1n) is 3.03. The number of hydrogen-bond donors (Lipinski definition) is 0. The standard InChI is InChI=1S/C6H10BrF/c7-4-5-1-2-6(8)3-5/h5-6H,1-4H2. The molecule has 0 bridgehead atoms. The highest BCUT2D eigenvalue weighted by Gasteiger charge is 2.22. The van der Waals surface area contributed by atoms with Crippen LogP contribution in [0.2, 0.25) is 0 Å². The van der Waals surface area contributed by atoms with Gasteiger partial charge in [-0.15, -0.1) is 0 Å². The molecule has 0 N–H and O–H groups in total. The molecule has 1 rings (SSSR count). The minimum Gasteiger partial charge on any atom is -0.247 e.